The predicted molar refractivity (Wildman–Crippen MR) is 87.8 cm³/mol. The SMILES string of the molecule is CC1CN(Cc2ccc(C(=O)NN)cc2Br)CC(C)N1C. The first-order valence-corrected chi connectivity index (χ1v) is 7.95. The fourth-order valence-corrected chi connectivity index (χ4v) is 3.29. The molecule has 0 bridgehead atoms. The molecule has 1 saturated heterocycles. The van der Waals surface area contributed by atoms with Gasteiger partial charge in [0.15, 0.2) is 0 Å². The van der Waals surface area contributed by atoms with Gasteiger partial charge >= 0.3 is 0 Å². The number of nitrogens with one attached hydrogen (secondary N) is 1. The maximum absolute atomic E-state index is 11.5. The Morgan fingerprint density at radius 3 is 2.52 bits per heavy atom. The van der Waals surface area contributed by atoms with Crippen LogP contribution in [0.1, 0.15) is 29.8 Å². The average molecular weight is 355 g/mol. The van der Waals surface area contributed by atoms with Crippen LogP contribution in [0.15, 0.2) is 22.7 Å². The van der Waals surface area contributed by atoms with Crippen LogP contribution < -0.4 is 11.3 Å². The molecular weight excluding hydrogens is 332 g/mol. The second-order valence-electron chi connectivity index (χ2n) is 5.84. The second kappa shape index (κ2) is 6.87. The molecule has 6 heteroatoms. The Kier molecular flexibility index (Phi) is 5.37. The monoisotopic (exact) mass is 354 g/mol. The van der Waals surface area contributed by atoms with Gasteiger partial charge in [0.25, 0.3) is 5.91 Å². The third-order valence-corrected chi connectivity index (χ3v) is 5.01. The van der Waals surface area contributed by atoms with Crippen molar-refractivity contribution in [2.75, 3.05) is 20.1 Å². The first kappa shape index (κ1) is 16.4. The fourth-order valence-electron chi connectivity index (χ4n) is 2.78. The van der Waals surface area contributed by atoms with Crippen molar-refractivity contribution in [2.24, 2.45) is 5.84 Å². The summed E-state index contributed by atoms with van der Waals surface area (Å²) in [5.74, 6) is 4.88. The van der Waals surface area contributed by atoms with E-state index in [-0.39, 0.29) is 5.91 Å². The molecule has 0 aliphatic carbocycles. The maximum Gasteiger partial charge on any atom is 0.265 e. The lowest BCUT2D eigenvalue weighted by Gasteiger charge is -2.42. The van der Waals surface area contributed by atoms with E-state index in [1.807, 2.05) is 18.2 Å². The van der Waals surface area contributed by atoms with Crippen molar-refractivity contribution >= 4 is 21.8 Å². The predicted octanol–water partition coefficient (Wildman–Crippen LogP) is 1.58. The van der Waals surface area contributed by atoms with Gasteiger partial charge in [-0.3, -0.25) is 20.0 Å². The van der Waals surface area contributed by atoms with E-state index in [0.717, 1.165) is 24.1 Å². The molecule has 0 radical (unpaired) electrons. The first-order chi connectivity index (χ1) is 9.92. The number of hydrogen-bond acceptors (Lipinski definition) is 4. The number of benzene rings is 1. The van der Waals surface area contributed by atoms with Crippen LogP contribution in [0.25, 0.3) is 0 Å². The van der Waals surface area contributed by atoms with Gasteiger partial charge in [-0.25, -0.2) is 5.84 Å². The molecule has 1 aliphatic rings. The van der Waals surface area contributed by atoms with Gasteiger partial charge in [0.05, 0.1) is 0 Å². The van der Waals surface area contributed by atoms with E-state index in [9.17, 15) is 4.79 Å². The van der Waals surface area contributed by atoms with Gasteiger partial charge in [-0.1, -0.05) is 22.0 Å². The van der Waals surface area contributed by atoms with E-state index in [2.05, 4.69) is 52.1 Å². The number of nitrogens with zero attached hydrogens (tertiary/aromatic N) is 2. The van der Waals surface area contributed by atoms with Crippen LogP contribution in [0, 0.1) is 0 Å². The molecule has 1 fully saturated rings. The Morgan fingerprint density at radius 2 is 2.00 bits per heavy atom. The van der Waals surface area contributed by atoms with Gasteiger partial charge < -0.3 is 0 Å². The van der Waals surface area contributed by atoms with Crippen molar-refractivity contribution in [3.63, 3.8) is 0 Å². The summed E-state index contributed by atoms with van der Waals surface area (Å²) in [5, 5.41) is 0. The standard InChI is InChI=1S/C15H23BrN4O/c1-10-7-20(8-11(2)19(10)3)9-13-5-4-12(6-14(13)16)15(21)18-17/h4-6,10-11H,7-9,17H2,1-3H3,(H,18,21). The number of rotatable bonds is 3. The Balaban J connectivity index is 2.08. The first-order valence-electron chi connectivity index (χ1n) is 7.16. The topological polar surface area (TPSA) is 61.6 Å². The highest BCUT2D eigenvalue weighted by Gasteiger charge is 2.26. The largest absolute Gasteiger partial charge is 0.298 e. The van der Waals surface area contributed by atoms with E-state index in [0.29, 0.717) is 17.6 Å². The Morgan fingerprint density at radius 1 is 1.38 bits per heavy atom. The van der Waals surface area contributed by atoms with Crippen molar-refractivity contribution in [3.8, 4) is 0 Å². The third kappa shape index (κ3) is 3.83. The van der Waals surface area contributed by atoms with Crippen LogP contribution in [0.4, 0.5) is 0 Å². The molecule has 1 aromatic rings. The second-order valence-corrected chi connectivity index (χ2v) is 6.69. The van der Waals surface area contributed by atoms with Crippen LogP contribution in [-0.4, -0.2) is 47.9 Å². The van der Waals surface area contributed by atoms with E-state index in [1.54, 1.807) is 0 Å². The highest BCUT2D eigenvalue weighted by Crippen LogP contribution is 2.22. The summed E-state index contributed by atoms with van der Waals surface area (Å²) < 4.78 is 0.947. The highest BCUT2D eigenvalue weighted by atomic mass is 79.9. The number of likely N-dealkylation sites (N-methyl/N-ethyl adjacent to an activating group) is 1. The zero-order valence-corrected chi connectivity index (χ0v) is 14.4. The minimum Gasteiger partial charge on any atom is -0.298 e. The number of halogens is 1. The number of carbonyl (C=O) groups excluding carboxylic acids is 1. The molecular formula is C15H23BrN4O. The average Bonchev–Trinajstić information content (AvgIpc) is 2.46. The van der Waals surface area contributed by atoms with Gasteiger partial charge in [0.1, 0.15) is 0 Å². The Bertz CT molecular complexity index is 510. The fraction of sp³-hybridized carbons (Fsp3) is 0.533. The Hall–Kier alpha value is -0.950. The quantitative estimate of drug-likeness (QED) is 0.491. The number of hydrazine groups is 1. The summed E-state index contributed by atoms with van der Waals surface area (Å²) >= 11 is 3.56. The molecule has 2 rings (SSSR count). The normalized spacial score (nSPS) is 24.0. The highest BCUT2D eigenvalue weighted by molar-refractivity contribution is 9.10. The van der Waals surface area contributed by atoms with Gasteiger partial charge in [-0.15, -0.1) is 0 Å². The van der Waals surface area contributed by atoms with E-state index >= 15 is 0 Å². The number of amides is 1. The number of nitrogens with two attached hydrogens (primary N) is 1. The van der Waals surface area contributed by atoms with Crippen LogP contribution in [0.5, 0.6) is 0 Å². The molecule has 3 N–H and O–H groups in total. The summed E-state index contributed by atoms with van der Waals surface area (Å²) in [6.07, 6.45) is 0. The van der Waals surface area contributed by atoms with E-state index in [4.69, 9.17) is 5.84 Å². The van der Waals surface area contributed by atoms with Crippen LogP contribution in [0.2, 0.25) is 0 Å². The molecule has 2 atom stereocenters. The number of carbonyl (C=O) groups is 1. The molecule has 1 aliphatic heterocycles. The lowest BCUT2D eigenvalue weighted by molar-refractivity contribution is 0.0555. The zero-order valence-electron chi connectivity index (χ0n) is 12.8. The smallest absolute Gasteiger partial charge is 0.265 e. The third-order valence-electron chi connectivity index (χ3n) is 4.28. The Labute approximate surface area is 134 Å². The molecule has 21 heavy (non-hydrogen) atoms. The van der Waals surface area contributed by atoms with Crippen molar-refractivity contribution in [2.45, 2.75) is 32.5 Å². The van der Waals surface area contributed by atoms with Crippen molar-refractivity contribution < 1.29 is 4.79 Å². The summed E-state index contributed by atoms with van der Waals surface area (Å²) in [6.45, 7) is 7.50. The lowest BCUT2D eigenvalue weighted by atomic mass is 10.1. The number of piperazine rings is 1. The molecule has 0 aromatic heterocycles. The minimum atomic E-state index is -0.274. The van der Waals surface area contributed by atoms with E-state index in [1.165, 1.54) is 5.56 Å². The van der Waals surface area contributed by atoms with Crippen molar-refractivity contribution in [1.29, 1.82) is 0 Å². The maximum atomic E-state index is 11.5. The molecule has 5 nitrogen and oxygen atoms in total. The minimum absolute atomic E-state index is 0.274. The van der Waals surface area contributed by atoms with Crippen molar-refractivity contribution in [1.82, 2.24) is 15.2 Å². The van der Waals surface area contributed by atoms with Crippen LogP contribution in [0.3, 0.4) is 0 Å². The zero-order chi connectivity index (χ0) is 15.6. The number of hydrogen-bond donors (Lipinski definition) is 2. The van der Waals surface area contributed by atoms with Crippen LogP contribution >= 0.6 is 15.9 Å². The van der Waals surface area contributed by atoms with Gasteiger partial charge in [-0.2, -0.15) is 0 Å². The molecule has 0 spiro atoms. The molecule has 116 valence electrons. The molecule has 1 aromatic carbocycles. The lowest BCUT2D eigenvalue weighted by Crippen LogP contribution is -2.54. The van der Waals surface area contributed by atoms with E-state index < -0.39 is 0 Å². The van der Waals surface area contributed by atoms with Gasteiger partial charge in [0.2, 0.25) is 0 Å². The molecule has 2 unspecified atom stereocenters. The van der Waals surface area contributed by atoms with Gasteiger partial charge in [-0.05, 0) is 38.6 Å². The van der Waals surface area contributed by atoms with Crippen molar-refractivity contribution in [3.05, 3.63) is 33.8 Å². The molecule has 1 heterocycles. The summed E-state index contributed by atoms with van der Waals surface area (Å²) in [5.41, 5.74) is 3.90. The number of nitrogen functional groups attached to an aromatic ring is 1. The summed E-state index contributed by atoms with van der Waals surface area (Å²) in [6, 6.07) is 6.72. The van der Waals surface area contributed by atoms with Crippen LogP contribution in [-0.2, 0) is 6.54 Å². The summed E-state index contributed by atoms with van der Waals surface area (Å²) in [7, 11) is 2.18. The summed E-state index contributed by atoms with van der Waals surface area (Å²) in [4.78, 5) is 16.4. The van der Waals surface area contributed by atoms with Gasteiger partial charge in [0, 0.05) is 41.8 Å². The molecule has 1 amide bonds. The molecule has 0 saturated carbocycles.